The zero-order chi connectivity index (χ0) is 5.28. The molecule has 1 fully saturated rings. The van der Waals surface area contributed by atoms with E-state index in [-0.39, 0.29) is 0 Å². The third-order valence-corrected chi connectivity index (χ3v) is 1.36. The van der Waals surface area contributed by atoms with Crippen molar-refractivity contribution >= 4 is 0 Å². The first-order chi connectivity index (χ1) is 3.34. The molecule has 0 bridgehead atoms. The highest BCUT2D eigenvalue weighted by Gasteiger charge is 2.21. The molecule has 0 aromatic carbocycles. The van der Waals surface area contributed by atoms with E-state index in [2.05, 4.69) is 18.8 Å². The van der Waals surface area contributed by atoms with Crippen molar-refractivity contribution in [1.82, 2.24) is 5.32 Å². The second-order valence-electron chi connectivity index (χ2n) is 1.97. The Bertz CT molecular complexity index is 82.2. The summed E-state index contributed by atoms with van der Waals surface area (Å²) in [5, 5.41) is 3.19. The van der Waals surface area contributed by atoms with Gasteiger partial charge in [0, 0.05) is 12.6 Å². The van der Waals surface area contributed by atoms with Crippen LogP contribution in [0.4, 0.5) is 0 Å². The summed E-state index contributed by atoms with van der Waals surface area (Å²) in [5.41, 5.74) is 1.35. The van der Waals surface area contributed by atoms with Crippen LogP contribution >= 0.6 is 0 Å². The largest absolute Gasteiger partial charge is 0.307 e. The molecule has 1 heterocycles. The molecule has 1 unspecified atom stereocenters. The lowest BCUT2D eigenvalue weighted by molar-refractivity contribution is 0.991. The Labute approximate surface area is 44.4 Å². The normalized spacial score (nSPS) is 27.3. The maximum atomic E-state index is 3.87. The highest BCUT2D eigenvalue weighted by atomic mass is 15.1. The molecular formula is C6H11N. The number of hydrogen-bond donors (Lipinski definition) is 1. The van der Waals surface area contributed by atoms with Crippen LogP contribution in [0.1, 0.15) is 13.3 Å². The van der Waals surface area contributed by atoms with E-state index < -0.39 is 0 Å². The Kier molecular flexibility index (Phi) is 1.15. The lowest BCUT2D eigenvalue weighted by atomic mass is 10.2. The summed E-state index contributed by atoms with van der Waals surface area (Å²) >= 11 is 0. The van der Waals surface area contributed by atoms with Gasteiger partial charge in [-0.1, -0.05) is 19.1 Å². The Morgan fingerprint density at radius 1 is 2.00 bits per heavy atom. The molecule has 0 spiro atoms. The maximum absolute atomic E-state index is 3.87. The molecule has 0 aromatic heterocycles. The molecule has 1 N–H and O–H groups in total. The molecule has 0 saturated carbocycles. The van der Waals surface area contributed by atoms with Crippen molar-refractivity contribution in [3.05, 3.63) is 12.2 Å². The van der Waals surface area contributed by atoms with Crippen molar-refractivity contribution in [3.8, 4) is 0 Å². The zero-order valence-corrected chi connectivity index (χ0v) is 4.70. The van der Waals surface area contributed by atoms with Gasteiger partial charge in [-0.25, -0.2) is 0 Å². The predicted molar refractivity (Wildman–Crippen MR) is 31.2 cm³/mol. The smallest absolute Gasteiger partial charge is 0.0404 e. The van der Waals surface area contributed by atoms with Gasteiger partial charge in [-0.2, -0.15) is 0 Å². The molecule has 0 radical (unpaired) electrons. The van der Waals surface area contributed by atoms with Gasteiger partial charge in [0.15, 0.2) is 0 Å². The van der Waals surface area contributed by atoms with Crippen molar-refractivity contribution in [1.29, 1.82) is 0 Å². The van der Waals surface area contributed by atoms with E-state index in [1.807, 2.05) is 0 Å². The van der Waals surface area contributed by atoms with Gasteiger partial charge in [-0.05, 0) is 6.42 Å². The van der Waals surface area contributed by atoms with Crippen LogP contribution in [-0.2, 0) is 0 Å². The summed E-state index contributed by atoms with van der Waals surface area (Å²) in [4.78, 5) is 0. The lowest BCUT2D eigenvalue weighted by Crippen LogP contribution is -1.91. The van der Waals surface area contributed by atoms with Gasteiger partial charge in [-0.15, -0.1) is 0 Å². The van der Waals surface area contributed by atoms with Crippen LogP contribution < -0.4 is 5.32 Å². The number of hydrogen-bond acceptors (Lipinski definition) is 1. The van der Waals surface area contributed by atoms with Crippen LogP contribution in [-0.4, -0.2) is 12.6 Å². The monoisotopic (exact) mass is 97.1 g/mol. The van der Waals surface area contributed by atoms with Crippen LogP contribution in [0.3, 0.4) is 0 Å². The molecule has 7 heavy (non-hydrogen) atoms. The lowest BCUT2D eigenvalue weighted by Gasteiger charge is -1.91. The van der Waals surface area contributed by atoms with Crippen molar-refractivity contribution in [2.45, 2.75) is 19.4 Å². The van der Waals surface area contributed by atoms with Gasteiger partial charge < -0.3 is 5.32 Å². The highest BCUT2D eigenvalue weighted by molar-refractivity contribution is 5.13. The third-order valence-electron chi connectivity index (χ3n) is 1.36. The van der Waals surface area contributed by atoms with Gasteiger partial charge in [0.25, 0.3) is 0 Å². The first kappa shape index (κ1) is 4.85. The van der Waals surface area contributed by atoms with E-state index >= 15 is 0 Å². The summed E-state index contributed by atoms with van der Waals surface area (Å²) < 4.78 is 0. The quantitative estimate of drug-likeness (QED) is 0.401. The van der Waals surface area contributed by atoms with Crippen molar-refractivity contribution in [2.24, 2.45) is 0 Å². The van der Waals surface area contributed by atoms with Crippen LogP contribution in [0.25, 0.3) is 0 Å². The SMILES string of the molecule is C=C(CC)C1CN1. The topological polar surface area (TPSA) is 21.9 Å². The molecule has 1 aliphatic heterocycles. The zero-order valence-electron chi connectivity index (χ0n) is 4.70. The highest BCUT2D eigenvalue weighted by Crippen LogP contribution is 2.10. The Hall–Kier alpha value is -0.300. The van der Waals surface area contributed by atoms with E-state index in [9.17, 15) is 0 Å². The second kappa shape index (κ2) is 1.66. The molecule has 0 aliphatic carbocycles. The fourth-order valence-electron chi connectivity index (χ4n) is 0.594. The van der Waals surface area contributed by atoms with Crippen molar-refractivity contribution in [2.75, 3.05) is 6.54 Å². The molecule has 0 amide bonds. The Morgan fingerprint density at radius 3 is 2.71 bits per heavy atom. The standard InChI is InChI=1S/C6H11N/c1-3-5(2)6-4-7-6/h6-7H,2-4H2,1H3. The van der Waals surface area contributed by atoms with E-state index in [0.29, 0.717) is 6.04 Å². The maximum Gasteiger partial charge on any atom is 0.0404 e. The van der Waals surface area contributed by atoms with E-state index in [1.165, 1.54) is 5.57 Å². The summed E-state index contributed by atoms with van der Waals surface area (Å²) in [6, 6.07) is 0.671. The van der Waals surface area contributed by atoms with Crippen LogP contribution in [0.5, 0.6) is 0 Å². The molecule has 1 heteroatoms. The summed E-state index contributed by atoms with van der Waals surface area (Å²) in [6.07, 6.45) is 1.12. The second-order valence-corrected chi connectivity index (χ2v) is 1.97. The minimum absolute atomic E-state index is 0.671. The van der Waals surface area contributed by atoms with E-state index in [0.717, 1.165) is 13.0 Å². The molecule has 40 valence electrons. The molecule has 0 aromatic rings. The van der Waals surface area contributed by atoms with Crippen molar-refractivity contribution in [3.63, 3.8) is 0 Å². The fraction of sp³-hybridized carbons (Fsp3) is 0.667. The average Bonchev–Trinajstić information content (AvgIpc) is 2.44. The van der Waals surface area contributed by atoms with Gasteiger partial charge in [0.2, 0.25) is 0 Å². The Morgan fingerprint density at radius 2 is 2.57 bits per heavy atom. The number of rotatable bonds is 2. The van der Waals surface area contributed by atoms with Gasteiger partial charge in [-0.3, -0.25) is 0 Å². The van der Waals surface area contributed by atoms with E-state index in [1.54, 1.807) is 0 Å². The van der Waals surface area contributed by atoms with Crippen LogP contribution in [0.2, 0.25) is 0 Å². The van der Waals surface area contributed by atoms with Gasteiger partial charge >= 0.3 is 0 Å². The summed E-state index contributed by atoms with van der Waals surface area (Å²) in [5.74, 6) is 0. The van der Waals surface area contributed by atoms with Crippen molar-refractivity contribution < 1.29 is 0 Å². The average molecular weight is 97.2 g/mol. The molecule has 1 nitrogen and oxygen atoms in total. The Balaban J connectivity index is 2.24. The van der Waals surface area contributed by atoms with Crippen LogP contribution in [0, 0.1) is 0 Å². The van der Waals surface area contributed by atoms with Crippen LogP contribution in [0.15, 0.2) is 12.2 Å². The number of nitrogens with one attached hydrogen (secondary N) is 1. The first-order valence-electron chi connectivity index (χ1n) is 2.75. The molecule has 1 aliphatic rings. The molecule has 1 atom stereocenters. The fourth-order valence-corrected chi connectivity index (χ4v) is 0.594. The van der Waals surface area contributed by atoms with Gasteiger partial charge in [0.05, 0.1) is 0 Å². The summed E-state index contributed by atoms with van der Waals surface area (Å²) in [6.45, 7) is 7.17. The van der Waals surface area contributed by atoms with E-state index in [4.69, 9.17) is 0 Å². The minimum atomic E-state index is 0.671. The molecular weight excluding hydrogens is 86.1 g/mol. The van der Waals surface area contributed by atoms with Gasteiger partial charge in [0.1, 0.15) is 0 Å². The summed E-state index contributed by atoms with van der Waals surface area (Å²) in [7, 11) is 0. The third kappa shape index (κ3) is 1.03. The first-order valence-corrected chi connectivity index (χ1v) is 2.75. The molecule has 1 saturated heterocycles. The minimum Gasteiger partial charge on any atom is -0.307 e. The molecule has 1 rings (SSSR count). The predicted octanol–water partition coefficient (Wildman–Crippen LogP) is 0.924.